The Morgan fingerprint density at radius 2 is 2.14 bits per heavy atom. The van der Waals surface area contributed by atoms with Gasteiger partial charge in [0.15, 0.2) is 0 Å². The van der Waals surface area contributed by atoms with Crippen LogP contribution in [0.3, 0.4) is 0 Å². The predicted octanol–water partition coefficient (Wildman–Crippen LogP) is 2.79. The highest BCUT2D eigenvalue weighted by Crippen LogP contribution is 2.41. The van der Waals surface area contributed by atoms with E-state index in [2.05, 4.69) is 17.1 Å². The van der Waals surface area contributed by atoms with E-state index in [4.69, 9.17) is 14.0 Å². The van der Waals surface area contributed by atoms with E-state index in [0.717, 1.165) is 25.7 Å². The maximum Gasteiger partial charge on any atom is 0.318 e. The summed E-state index contributed by atoms with van der Waals surface area (Å²) in [5.41, 5.74) is -0.483. The van der Waals surface area contributed by atoms with Gasteiger partial charge in [-0.25, -0.2) is 0 Å². The van der Waals surface area contributed by atoms with Crippen LogP contribution < -0.4 is 0 Å². The van der Waals surface area contributed by atoms with Crippen LogP contribution in [0, 0.1) is 5.92 Å². The minimum Gasteiger partial charge on any atom is -0.465 e. The standard InChI is InChI=1S/C15H24N2O4/c1-5-20-13(18)11(3)12-16-14(17-21-12)15(19-4)8-6-10(2)7-9-15/h10-11H,5-9H2,1-4H3. The highest BCUT2D eigenvalue weighted by molar-refractivity contribution is 5.76. The number of methoxy groups -OCH3 is 1. The van der Waals surface area contributed by atoms with Gasteiger partial charge >= 0.3 is 5.97 Å². The number of aromatic nitrogens is 2. The minimum atomic E-state index is -0.553. The summed E-state index contributed by atoms with van der Waals surface area (Å²) in [7, 11) is 1.68. The highest BCUT2D eigenvalue weighted by Gasteiger charge is 2.41. The van der Waals surface area contributed by atoms with Crippen LogP contribution in [0.25, 0.3) is 0 Å². The summed E-state index contributed by atoms with van der Waals surface area (Å²) in [6.45, 7) is 6.05. The molecular formula is C15H24N2O4. The van der Waals surface area contributed by atoms with Gasteiger partial charge in [0.25, 0.3) is 0 Å². The molecule has 1 heterocycles. The minimum absolute atomic E-state index is 0.290. The lowest BCUT2D eigenvalue weighted by atomic mass is 9.79. The Balaban J connectivity index is 2.16. The normalized spacial score (nSPS) is 27.3. The monoisotopic (exact) mass is 296 g/mol. The molecule has 0 N–H and O–H groups in total. The number of hydrogen-bond acceptors (Lipinski definition) is 6. The van der Waals surface area contributed by atoms with Crippen molar-refractivity contribution in [1.29, 1.82) is 0 Å². The molecule has 1 fully saturated rings. The van der Waals surface area contributed by atoms with Crippen molar-refractivity contribution in [3.8, 4) is 0 Å². The zero-order chi connectivity index (χ0) is 15.5. The predicted molar refractivity (Wildman–Crippen MR) is 75.7 cm³/mol. The van der Waals surface area contributed by atoms with Crippen LogP contribution in [0.5, 0.6) is 0 Å². The molecule has 0 aromatic carbocycles. The van der Waals surface area contributed by atoms with E-state index in [-0.39, 0.29) is 5.97 Å². The van der Waals surface area contributed by atoms with Crippen LogP contribution >= 0.6 is 0 Å². The third-order valence-corrected chi connectivity index (χ3v) is 4.33. The molecule has 1 aliphatic rings. The van der Waals surface area contributed by atoms with E-state index in [0.29, 0.717) is 24.2 Å². The molecule has 1 aromatic rings. The zero-order valence-electron chi connectivity index (χ0n) is 13.2. The molecule has 1 atom stereocenters. The Hall–Kier alpha value is -1.43. The SMILES string of the molecule is CCOC(=O)C(C)c1nc(C2(OC)CCC(C)CC2)no1. The van der Waals surface area contributed by atoms with Gasteiger partial charge in [-0.15, -0.1) is 0 Å². The smallest absolute Gasteiger partial charge is 0.318 e. The van der Waals surface area contributed by atoms with Crippen LogP contribution in [0.4, 0.5) is 0 Å². The fraction of sp³-hybridized carbons (Fsp3) is 0.800. The second-order valence-electron chi connectivity index (χ2n) is 5.81. The summed E-state index contributed by atoms with van der Waals surface area (Å²) in [5, 5.41) is 4.05. The first kappa shape index (κ1) is 15.9. The van der Waals surface area contributed by atoms with E-state index < -0.39 is 11.5 Å². The van der Waals surface area contributed by atoms with Gasteiger partial charge in [0, 0.05) is 7.11 Å². The summed E-state index contributed by atoms with van der Waals surface area (Å²) in [6.07, 6.45) is 3.89. The molecule has 0 bridgehead atoms. The van der Waals surface area contributed by atoms with Crippen LogP contribution in [-0.4, -0.2) is 29.8 Å². The number of esters is 1. The van der Waals surface area contributed by atoms with Crippen LogP contribution in [-0.2, 0) is 19.9 Å². The lowest BCUT2D eigenvalue weighted by Crippen LogP contribution is -2.34. The molecule has 1 saturated carbocycles. The Labute approximate surface area is 125 Å². The Kier molecular flexibility index (Phi) is 4.98. The van der Waals surface area contributed by atoms with Gasteiger partial charge in [-0.3, -0.25) is 4.79 Å². The summed E-state index contributed by atoms with van der Waals surface area (Å²) in [6, 6.07) is 0. The average molecular weight is 296 g/mol. The van der Waals surface area contributed by atoms with Gasteiger partial charge in [-0.2, -0.15) is 4.98 Å². The van der Waals surface area contributed by atoms with Crippen molar-refractivity contribution in [1.82, 2.24) is 10.1 Å². The fourth-order valence-electron chi connectivity index (χ4n) is 2.71. The average Bonchev–Trinajstić information content (AvgIpc) is 2.98. The first-order valence-electron chi connectivity index (χ1n) is 7.58. The van der Waals surface area contributed by atoms with Crippen LogP contribution in [0.1, 0.15) is 64.1 Å². The summed E-state index contributed by atoms with van der Waals surface area (Å²) in [5.74, 6) is 0.624. The van der Waals surface area contributed by atoms with E-state index in [1.54, 1.807) is 21.0 Å². The van der Waals surface area contributed by atoms with Crippen LogP contribution in [0.15, 0.2) is 4.52 Å². The second-order valence-corrected chi connectivity index (χ2v) is 5.81. The lowest BCUT2D eigenvalue weighted by molar-refractivity contribution is -0.145. The quantitative estimate of drug-likeness (QED) is 0.778. The van der Waals surface area contributed by atoms with Crippen molar-refractivity contribution in [3.63, 3.8) is 0 Å². The number of carbonyl (C=O) groups excluding carboxylic acids is 1. The summed E-state index contributed by atoms with van der Waals surface area (Å²) in [4.78, 5) is 16.1. The number of carbonyl (C=O) groups is 1. The van der Waals surface area contributed by atoms with Crippen molar-refractivity contribution >= 4 is 5.97 Å². The maximum atomic E-state index is 11.7. The molecule has 0 saturated heterocycles. The topological polar surface area (TPSA) is 74.5 Å². The molecule has 6 heteroatoms. The summed E-state index contributed by atoms with van der Waals surface area (Å²) >= 11 is 0. The van der Waals surface area contributed by atoms with Crippen molar-refractivity contribution in [2.75, 3.05) is 13.7 Å². The van der Waals surface area contributed by atoms with Crippen molar-refractivity contribution < 1.29 is 18.8 Å². The molecule has 1 aliphatic carbocycles. The molecule has 2 rings (SSSR count). The Bertz CT molecular complexity index is 478. The Morgan fingerprint density at radius 3 is 2.71 bits per heavy atom. The number of hydrogen-bond donors (Lipinski definition) is 0. The molecule has 1 aromatic heterocycles. The van der Waals surface area contributed by atoms with Gasteiger partial charge in [0.2, 0.25) is 11.7 Å². The Morgan fingerprint density at radius 1 is 1.48 bits per heavy atom. The molecule has 118 valence electrons. The number of ether oxygens (including phenoxy) is 2. The fourth-order valence-corrected chi connectivity index (χ4v) is 2.71. The first-order chi connectivity index (χ1) is 10.0. The largest absolute Gasteiger partial charge is 0.465 e. The first-order valence-corrected chi connectivity index (χ1v) is 7.58. The molecule has 6 nitrogen and oxygen atoms in total. The summed E-state index contributed by atoms with van der Waals surface area (Å²) < 4.78 is 16.0. The van der Waals surface area contributed by atoms with Crippen molar-refractivity contribution in [2.45, 2.75) is 58.0 Å². The molecule has 1 unspecified atom stereocenters. The second kappa shape index (κ2) is 6.56. The molecule has 0 spiro atoms. The van der Waals surface area contributed by atoms with Gasteiger partial charge in [-0.05, 0) is 45.4 Å². The van der Waals surface area contributed by atoms with E-state index >= 15 is 0 Å². The molecule has 0 amide bonds. The molecule has 0 aliphatic heterocycles. The van der Waals surface area contributed by atoms with E-state index in [9.17, 15) is 4.79 Å². The van der Waals surface area contributed by atoms with Gasteiger partial charge in [0.05, 0.1) is 6.61 Å². The number of rotatable bonds is 5. The lowest BCUT2D eigenvalue weighted by Gasteiger charge is -2.35. The molecule has 0 radical (unpaired) electrons. The third kappa shape index (κ3) is 3.26. The highest BCUT2D eigenvalue weighted by atomic mass is 16.5. The van der Waals surface area contributed by atoms with Crippen molar-refractivity contribution in [2.24, 2.45) is 5.92 Å². The van der Waals surface area contributed by atoms with Gasteiger partial charge in [-0.1, -0.05) is 12.1 Å². The van der Waals surface area contributed by atoms with Gasteiger partial charge < -0.3 is 14.0 Å². The molecular weight excluding hydrogens is 272 g/mol. The van der Waals surface area contributed by atoms with Crippen molar-refractivity contribution in [3.05, 3.63) is 11.7 Å². The maximum absolute atomic E-state index is 11.7. The van der Waals surface area contributed by atoms with Gasteiger partial charge in [0.1, 0.15) is 11.5 Å². The van der Waals surface area contributed by atoms with E-state index in [1.165, 1.54) is 0 Å². The molecule has 21 heavy (non-hydrogen) atoms. The van der Waals surface area contributed by atoms with Crippen LogP contribution in [0.2, 0.25) is 0 Å². The third-order valence-electron chi connectivity index (χ3n) is 4.33. The number of nitrogens with zero attached hydrogens (tertiary/aromatic N) is 2. The zero-order valence-corrected chi connectivity index (χ0v) is 13.2. The van der Waals surface area contributed by atoms with E-state index in [1.807, 2.05) is 0 Å².